The summed E-state index contributed by atoms with van der Waals surface area (Å²) < 4.78 is 5.42. The molecule has 0 amide bonds. The van der Waals surface area contributed by atoms with E-state index in [1.54, 1.807) is 0 Å². The molecular formula is C13H26N2O. The lowest BCUT2D eigenvalue weighted by molar-refractivity contribution is 0.0529. The lowest BCUT2D eigenvalue weighted by Crippen LogP contribution is -2.46. The molecule has 3 heteroatoms. The SMILES string of the molecule is COCC1(CNCC2(C)CC2)CCNCC1. The molecule has 0 unspecified atom stereocenters. The zero-order valence-corrected chi connectivity index (χ0v) is 10.8. The molecule has 1 aliphatic carbocycles. The van der Waals surface area contributed by atoms with Crippen molar-refractivity contribution in [1.29, 1.82) is 0 Å². The topological polar surface area (TPSA) is 33.3 Å². The van der Waals surface area contributed by atoms with Crippen LogP contribution < -0.4 is 10.6 Å². The molecule has 0 radical (unpaired) electrons. The zero-order valence-electron chi connectivity index (χ0n) is 10.8. The summed E-state index contributed by atoms with van der Waals surface area (Å²) in [4.78, 5) is 0. The maximum absolute atomic E-state index is 5.42. The predicted molar refractivity (Wildman–Crippen MR) is 66.6 cm³/mol. The normalized spacial score (nSPS) is 26.6. The Kier molecular flexibility index (Phi) is 3.88. The van der Waals surface area contributed by atoms with Crippen molar-refractivity contribution in [2.75, 3.05) is 39.9 Å². The average Bonchev–Trinajstić information content (AvgIpc) is 2.98. The summed E-state index contributed by atoms with van der Waals surface area (Å²) in [5, 5.41) is 7.11. The highest BCUT2D eigenvalue weighted by atomic mass is 16.5. The molecule has 0 bridgehead atoms. The molecule has 0 spiro atoms. The largest absolute Gasteiger partial charge is 0.384 e. The van der Waals surface area contributed by atoms with Crippen LogP contribution in [0.25, 0.3) is 0 Å². The Morgan fingerprint density at radius 1 is 1.12 bits per heavy atom. The highest BCUT2D eigenvalue weighted by Gasteiger charge is 2.38. The van der Waals surface area contributed by atoms with Gasteiger partial charge in [-0.25, -0.2) is 0 Å². The molecule has 1 saturated carbocycles. The third-order valence-corrected chi connectivity index (χ3v) is 4.27. The van der Waals surface area contributed by atoms with Crippen LogP contribution in [0.1, 0.15) is 32.6 Å². The minimum absolute atomic E-state index is 0.380. The molecule has 0 aromatic carbocycles. The number of rotatable bonds is 6. The van der Waals surface area contributed by atoms with Crippen LogP contribution in [0.5, 0.6) is 0 Å². The van der Waals surface area contributed by atoms with Crippen molar-refractivity contribution in [3.05, 3.63) is 0 Å². The molecule has 0 aromatic heterocycles. The minimum Gasteiger partial charge on any atom is -0.384 e. The first kappa shape index (κ1) is 12.3. The van der Waals surface area contributed by atoms with Crippen LogP contribution in [0.15, 0.2) is 0 Å². The molecule has 94 valence electrons. The van der Waals surface area contributed by atoms with Crippen LogP contribution in [-0.4, -0.2) is 39.9 Å². The van der Waals surface area contributed by atoms with Crippen molar-refractivity contribution < 1.29 is 4.74 Å². The van der Waals surface area contributed by atoms with Gasteiger partial charge in [-0.05, 0) is 44.2 Å². The van der Waals surface area contributed by atoms with Gasteiger partial charge in [-0.1, -0.05) is 6.92 Å². The summed E-state index contributed by atoms with van der Waals surface area (Å²) in [6.07, 6.45) is 5.28. The van der Waals surface area contributed by atoms with Gasteiger partial charge in [0.15, 0.2) is 0 Å². The summed E-state index contributed by atoms with van der Waals surface area (Å²) in [6, 6.07) is 0. The van der Waals surface area contributed by atoms with Gasteiger partial charge in [-0.2, -0.15) is 0 Å². The average molecular weight is 226 g/mol. The van der Waals surface area contributed by atoms with Crippen LogP contribution in [-0.2, 0) is 4.74 Å². The molecule has 0 atom stereocenters. The number of methoxy groups -OCH3 is 1. The van der Waals surface area contributed by atoms with Gasteiger partial charge in [0.1, 0.15) is 0 Å². The number of hydrogen-bond acceptors (Lipinski definition) is 3. The van der Waals surface area contributed by atoms with E-state index >= 15 is 0 Å². The van der Waals surface area contributed by atoms with E-state index in [0.717, 1.165) is 26.2 Å². The van der Waals surface area contributed by atoms with Crippen LogP contribution in [0.2, 0.25) is 0 Å². The van der Waals surface area contributed by atoms with E-state index < -0.39 is 0 Å². The number of ether oxygens (including phenoxy) is 1. The van der Waals surface area contributed by atoms with Crippen molar-refractivity contribution in [1.82, 2.24) is 10.6 Å². The number of hydrogen-bond donors (Lipinski definition) is 2. The van der Waals surface area contributed by atoms with Crippen molar-refractivity contribution in [2.45, 2.75) is 32.6 Å². The summed E-state index contributed by atoms with van der Waals surface area (Å²) in [5.41, 5.74) is 0.992. The van der Waals surface area contributed by atoms with Crippen molar-refractivity contribution in [2.24, 2.45) is 10.8 Å². The molecule has 0 aromatic rings. The summed E-state index contributed by atoms with van der Waals surface area (Å²) in [7, 11) is 1.83. The van der Waals surface area contributed by atoms with Gasteiger partial charge < -0.3 is 15.4 Å². The third kappa shape index (κ3) is 3.19. The second-order valence-corrected chi connectivity index (χ2v) is 6.10. The van der Waals surface area contributed by atoms with E-state index in [1.807, 2.05) is 7.11 Å². The van der Waals surface area contributed by atoms with Crippen molar-refractivity contribution in [3.8, 4) is 0 Å². The maximum atomic E-state index is 5.42. The zero-order chi connectivity index (χ0) is 11.5. The lowest BCUT2D eigenvalue weighted by atomic mass is 9.79. The minimum atomic E-state index is 0.380. The fourth-order valence-corrected chi connectivity index (χ4v) is 2.66. The van der Waals surface area contributed by atoms with Crippen molar-refractivity contribution >= 4 is 0 Å². The van der Waals surface area contributed by atoms with Gasteiger partial charge in [0.2, 0.25) is 0 Å². The Labute approximate surface area is 99.3 Å². The number of nitrogens with one attached hydrogen (secondary N) is 2. The molecule has 2 N–H and O–H groups in total. The van der Waals surface area contributed by atoms with Crippen LogP contribution >= 0.6 is 0 Å². The van der Waals surface area contributed by atoms with Gasteiger partial charge in [0.05, 0.1) is 6.61 Å². The predicted octanol–water partition coefficient (Wildman–Crippen LogP) is 1.39. The van der Waals surface area contributed by atoms with Crippen LogP contribution in [0, 0.1) is 10.8 Å². The molecule has 2 fully saturated rings. The highest BCUT2D eigenvalue weighted by Crippen LogP contribution is 2.44. The fraction of sp³-hybridized carbons (Fsp3) is 1.00. The Morgan fingerprint density at radius 2 is 1.81 bits per heavy atom. The molecular weight excluding hydrogens is 200 g/mol. The Bertz CT molecular complexity index is 214. The monoisotopic (exact) mass is 226 g/mol. The van der Waals surface area contributed by atoms with E-state index in [1.165, 1.54) is 32.2 Å². The molecule has 1 saturated heterocycles. The van der Waals surface area contributed by atoms with E-state index in [-0.39, 0.29) is 0 Å². The highest BCUT2D eigenvalue weighted by molar-refractivity contribution is 4.92. The van der Waals surface area contributed by atoms with E-state index in [2.05, 4.69) is 17.6 Å². The molecule has 1 aliphatic heterocycles. The first-order valence-electron chi connectivity index (χ1n) is 6.59. The molecule has 16 heavy (non-hydrogen) atoms. The quantitative estimate of drug-likeness (QED) is 0.718. The Morgan fingerprint density at radius 3 is 2.38 bits per heavy atom. The third-order valence-electron chi connectivity index (χ3n) is 4.27. The molecule has 2 rings (SSSR count). The van der Waals surface area contributed by atoms with Crippen molar-refractivity contribution in [3.63, 3.8) is 0 Å². The number of piperidine rings is 1. The van der Waals surface area contributed by atoms with E-state index in [9.17, 15) is 0 Å². The Balaban J connectivity index is 1.76. The fourth-order valence-electron chi connectivity index (χ4n) is 2.66. The van der Waals surface area contributed by atoms with Gasteiger partial charge in [-0.15, -0.1) is 0 Å². The van der Waals surface area contributed by atoms with E-state index in [0.29, 0.717) is 10.8 Å². The van der Waals surface area contributed by atoms with Gasteiger partial charge in [-0.3, -0.25) is 0 Å². The summed E-state index contributed by atoms with van der Waals surface area (Å²) >= 11 is 0. The van der Waals surface area contributed by atoms with Gasteiger partial charge in [0.25, 0.3) is 0 Å². The van der Waals surface area contributed by atoms with Gasteiger partial charge in [0, 0.05) is 25.6 Å². The van der Waals surface area contributed by atoms with Crippen LogP contribution in [0.3, 0.4) is 0 Å². The summed E-state index contributed by atoms with van der Waals surface area (Å²) in [5.74, 6) is 0. The lowest BCUT2D eigenvalue weighted by Gasteiger charge is -2.37. The van der Waals surface area contributed by atoms with Gasteiger partial charge >= 0.3 is 0 Å². The molecule has 3 nitrogen and oxygen atoms in total. The molecule has 1 heterocycles. The standard InChI is InChI=1S/C13H26N2O/c1-12(3-4-12)9-15-10-13(11-16-2)5-7-14-8-6-13/h14-15H,3-11H2,1-2H3. The second kappa shape index (κ2) is 5.03. The maximum Gasteiger partial charge on any atom is 0.0531 e. The second-order valence-electron chi connectivity index (χ2n) is 6.10. The van der Waals surface area contributed by atoms with Crippen LogP contribution in [0.4, 0.5) is 0 Å². The summed E-state index contributed by atoms with van der Waals surface area (Å²) in [6.45, 7) is 7.87. The van der Waals surface area contributed by atoms with E-state index in [4.69, 9.17) is 4.74 Å². The molecule has 2 aliphatic rings. The first-order chi connectivity index (χ1) is 7.68. The Hall–Kier alpha value is -0.120. The smallest absolute Gasteiger partial charge is 0.0531 e. The first-order valence-corrected chi connectivity index (χ1v) is 6.59.